The van der Waals surface area contributed by atoms with E-state index in [0.29, 0.717) is 22.4 Å². The highest BCUT2D eigenvalue weighted by Gasteiger charge is 2.76. The molecule has 1 N–H and O–H groups in total. The molecule has 4 amide bonds. The van der Waals surface area contributed by atoms with Crippen LogP contribution in [0.1, 0.15) is 41.6 Å². The second-order valence-corrected chi connectivity index (χ2v) is 13.0. The number of ketones is 1. The van der Waals surface area contributed by atoms with Crippen LogP contribution in [0, 0.1) is 17.8 Å². The highest BCUT2D eigenvalue weighted by Crippen LogP contribution is 2.66. The molecule has 41 heavy (non-hydrogen) atoms. The summed E-state index contributed by atoms with van der Waals surface area (Å²) in [6.07, 6.45) is 1.85. The van der Waals surface area contributed by atoms with Gasteiger partial charge in [0.25, 0.3) is 11.8 Å². The Hall–Kier alpha value is -2.72. The monoisotopic (exact) mass is 678 g/mol. The number of nitrogens with zero attached hydrogens (tertiary/aromatic N) is 2. The zero-order valence-corrected chi connectivity index (χ0v) is 25.3. The number of hydrogen-bond acceptors (Lipinski definition) is 6. The molecular formula is C29H22BrCl3N2O6. The Kier molecular flexibility index (Phi) is 6.69. The Morgan fingerprint density at radius 2 is 1.71 bits per heavy atom. The number of carbonyl (C=O) groups is 5. The first-order valence-corrected chi connectivity index (χ1v) is 15.1. The molecular weight excluding hydrogens is 659 g/mol. The van der Waals surface area contributed by atoms with Crippen LogP contribution in [0.15, 0.2) is 54.1 Å². The smallest absolute Gasteiger partial charge is 0.254 e. The first-order valence-electron chi connectivity index (χ1n) is 12.8. The first-order chi connectivity index (χ1) is 19.4. The van der Waals surface area contributed by atoms with Crippen LogP contribution in [-0.2, 0) is 19.2 Å². The molecule has 1 saturated carbocycles. The molecule has 0 radical (unpaired) electrons. The molecule has 2 saturated heterocycles. The van der Waals surface area contributed by atoms with Gasteiger partial charge >= 0.3 is 0 Å². The standard InChI is InChI=1S/C29H22BrCl3N2O6/c1-13(36)14-2-4-15(5-3-14)35-24(38)19-9-8-17-20(22(19)25(35)39)11-28(32)26(40)34(12-30)27(41)29(28,33)23(17)18-7-6-16(37)10-21(18)31/h2-8,10,19-20,22-23,37H,9,11-12H2,1H3. The van der Waals surface area contributed by atoms with Crippen LogP contribution >= 0.6 is 50.7 Å². The van der Waals surface area contributed by atoms with Gasteiger partial charge in [-0.3, -0.25) is 33.8 Å². The number of likely N-dealkylation sites (tertiary alicyclic amines) is 1. The van der Waals surface area contributed by atoms with Crippen LogP contribution in [0.25, 0.3) is 0 Å². The van der Waals surface area contributed by atoms with Crippen LogP contribution in [0.5, 0.6) is 5.75 Å². The van der Waals surface area contributed by atoms with Crippen molar-refractivity contribution < 1.29 is 29.1 Å². The topological polar surface area (TPSA) is 112 Å². The Morgan fingerprint density at radius 3 is 2.32 bits per heavy atom. The van der Waals surface area contributed by atoms with E-state index in [2.05, 4.69) is 15.9 Å². The minimum Gasteiger partial charge on any atom is -0.508 e. The molecule has 212 valence electrons. The number of allylic oxidation sites excluding steroid dienone is 2. The van der Waals surface area contributed by atoms with Gasteiger partial charge in [0.2, 0.25) is 11.8 Å². The zero-order chi connectivity index (χ0) is 29.6. The third-order valence-electron chi connectivity index (χ3n) is 8.84. The Labute approximate surface area is 258 Å². The maximum absolute atomic E-state index is 14.0. The van der Waals surface area contributed by atoms with Crippen LogP contribution in [-0.4, -0.2) is 54.6 Å². The van der Waals surface area contributed by atoms with Crippen molar-refractivity contribution in [3.8, 4) is 5.75 Å². The number of Topliss-reactive ketones (excluding diaryl/α,β-unsaturated/α-hetero) is 1. The summed E-state index contributed by atoms with van der Waals surface area (Å²) in [6.45, 7) is 1.42. The van der Waals surface area contributed by atoms with E-state index in [0.717, 1.165) is 9.80 Å². The molecule has 2 aromatic carbocycles. The van der Waals surface area contributed by atoms with Crippen molar-refractivity contribution >= 4 is 85.8 Å². The summed E-state index contributed by atoms with van der Waals surface area (Å²) < 4.78 is 0. The van der Waals surface area contributed by atoms with Crippen molar-refractivity contribution in [2.45, 2.75) is 35.4 Å². The Bertz CT molecular complexity index is 1600. The van der Waals surface area contributed by atoms with Crippen molar-refractivity contribution in [1.29, 1.82) is 0 Å². The van der Waals surface area contributed by atoms with Gasteiger partial charge in [0.05, 0.1) is 23.0 Å². The second kappa shape index (κ2) is 9.66. The average molecular weight is 681 g/mol. The summed E-state index contributed by atoms with van der Waals surface area (Å²) >= 11 is 24.1. The lowest BCUT2D eigenvalue weighted by Gasteiger charge is -2.51. The number of benzene rings is 2. The maximum atomic E-state index is 14.0. The summed E-state index contributed by atoms with van der Waals surface area (Å²) in [5.74, 6) is -5.84. The summed E-state index contributed by atoms with van der Waals surface area (Å²) in [5, 5.41) is 10.1. The van der Waals surface area contributed by atoms with E-state index in [1.807, 2.05) is 6.08 Å². The predicted octanol–water partition coefficient (Wildman–Crippen LogP) is 5.16. The number of phenols is 1. The molecule has 2 aromatic rings. The van der Waals surface area contributed by atoms with Gasteiger partial charge in [-0.25, -0.2) is 0 Å². The zero-order valence-electron chi connectivity index (χ0n) is 21.4. The van der Waals surface area contributed by atoms with Gasteiger partial charge in [-0.05, 0) is 67.6 Å². The number of imide groups is 2. The number of fused-ring (bicyclic) bond motifs is 4. The van der Waals surface area contributed by atoms with Gasteiger partial charge in [-0.1, -0.05) is 45.2 Å². The lowest BCUT2D eigenvalue weighted by atomic mass is 9.56. The van der Waals surface area contributed by atoms with Crippen molar-refractivity contribution in [3.05, 3.63) is 70.3 Å². The summed E-state index contributed by atoms with van der Waals surface area (Å²) in [6, 6.07) is 10.5. The summed E-state index contributed by atoms with van der Waals surface area (Å²) in [4.78, 5) is 65.0. The van der Waals surface area contributed by atoms with E-state index in [9.17, 15) is 29.1 Å². The number of phenolic OH excluding ortho intramolecular Hbond substituents is 1. The molecule has 2 heterocycles. The minimum atomic E-state index is -1.98. The number of amides is 4. The average Bonchev–Trinajstić information content (AvgIpc) is 3.27. The molecule has 0 aromatic heterocycles. The van der Waals surface area contributed by atoms with Crippen LogP contribution in [0.3, 0.4) is 0 Å². The van der Waals surface area contributed by atoms with Crippen molar-refractivity contribution in [2.75, 3.05) is 10.4 Å². The molecule has 3 fully saturated rings. The molecule has 2 aliphatic carbocycles. The van der Waals surface area contributed by atoms with Crippen LogP contribution in [0.4, 0.5) is 5.69 Å². The molecule has 0 spiro atoms. The van der Waals surface area contributed by atoms with Gasteiger partial charge in [0, 0.05) is 16.5 Å². The van der Waals surface area contributed by atoms with Gasteiger partial charge in [0.15, 0.2) is 15.5 Å². The number of halogens is 4. The van der Waals surface area contributed by atoms with Gasteiger partial charge in [-0.2, -0.15) is 0 Å². The molecule has 8 nitrogen and oxygen atoms in total. The summed E-state index contributed by atoms with van der Waals surface area (Å²) in [5.41, 5.74) is 1.60. The normalized spacial score (nSPS) is 32.6. The molecule has 6 atom stereocenters. The van der Waals surface area contributed by atoms with E-state index >= 15 is 0 Å². The van der Waals surface area contributed by atoms with Crippen LogP contribution < -0.4 is 4.90 Å². The van der Waals surface area contributed by atoms with Crippen molar-refractivity contribution in [3.63, 3.8) is 0 Å². The number of aromatic hydroxyl groups is 1. The fourth-order valence-corrected chi connectivity index (χ4v) is 8.65. The third kappa shape index (κ3) is 3.75. The number of alkyl halides is 3. The second-order valence-electron chi connectivity index (χ2n) is 10.8. The molecule has 6 unspecified atom stereocenters. The summed E-state index contributed by atoms with van der Waals surface area (Å²) in [7, 11) is 0. The number of hydrogen-bond donors (Lipinski definition) is 1. The number of rotatable bonds is 4. The molecule has 4 aliphatic rings. The van der Waals surface area contributed by atoms with E-state index in [1.165, 1.54) is 25.1 Å². The SMILES string of the molecule is CC(=O)c1ccc(N2C(=O)C3CC=C4C(CC5(Cl)C(=O)N(CBr)C(=O)C5(Cl)C4c4ccc(O)cc4Cl)C3C2=O)cc1. The fraction of sp³-hybridized carbons (Fsp3) is 0.345. The fourth-order valence-electron chi connectivity index (χ4n) is 6.95. The van der Waals surface area contributed by atoms with Gasteiger partial charge in [-0.15, -0.1) is 23.2 Å². The Morgan fingerprint density at radius 1 is 1.02 bits per heavy atom. The van der Waals surface area contributed by atoms with Gasteiger partial charge < -0.3 is 5.11 Å². The van der Waals surface area contributed by atoms with Crippen LogP contribution in [0.2, 0.25) is 5.02 Å². The highest BCUT2D eigenvalue weighted by atomic mass is 79.9. The third-order valence-corrected chi connectivity index (χ3v) is 11.1. The largest absolute Gasteiger partial charge is 0.508 e. The Balaban J connectivity index is 1.50. The lowest BCUT2D eigenvalue weighted by molar-refractivity contribution is -0.138. The first kappa shape index (κ1) is 28.4. The molecule has 0 bridgehead atoms. The van der Waals surface area contributed by atoms with E-state index in [-0.39, 0.29) is 34.9 Å². The van der Waals surface area contributed by atoms with E-state index < -0.39 is 57.0 Å². The lowest BCUT2D eigenvalue weighted by Crippen LogP contribution is -2.60. The molecule has 12 heteroatoms. The van der Waals surface area contributed by atoms with Crippen molar-refractivity contribution in [2.24, 2.45) is 17.8 Å². The van der Waals surface area contributed by atoms with E-state index in [4.69, 9.17) is 34.8 Å². The molecule has 2 aliphatic heterocycles. The number of carbonyl (C=O) groups excluding carboxylic acids is 5. The predicted molar refractivity (Wildman–Crippen MR) is 155 cm³/mol. The number of anilines is 1. The van der Waals surface area contributed by atoms with E-state index in [1.54, 1.807) is 24.3 Å². The highest BCUT2D eigenvalue weighted by molar-refractivity contribution is 9.09. The molecule has 6 rings (SSSR count). The van der Waals surface area contributed by atoms with Gasteiger partial charge in [0.1, 0.15) is 5.75 Å². The van der Waals surface area contributed by atoms with Crippen molar-refractivity contribution in [1.82, 2.24) is 4.90 Å². The minimum absolute atomic E-state index is 0.108. The maximum Gasteiger partial charge on any atom is 0.254 e. The quantitative estimate of drug-likeness (QED) is 0.157.